The number of ether oxygens (including phenoxy) is 2. The number of rotatable bonds is 2. The number of aryl methyl sites for hydroxylation is 1. The summed E-state index contributed by atoms with van der Waals surface area (Å²) < 4.78 is 10.6. The van der Waals surface area contributed by atoms with Crippen molar-refractivity contribution in [3.63, 3.8) is 0 Å². The highest BCUT2D eigenvalue weighted by Gasteiger charge is 2.13. The van der Waals surface area contributed by atoms with Gasteiger partial charge in [-0.15, -0.1) is 0 Å². The highest BCUT2D eigenvalue weighted by Crippen LogP contribution is 2.34. The van der Waals surface area contributed by atoms with Crippen LogP contribution in [0.1, 0.15) is 5.56 Å². The number of hydrogen-bond acceptors (Lipinski definition) is 4. The molecule has 2 aromatic rings. The first-order chi connectivity index (χ1) is 9.72. The van der Waals surface area contributed by atoms with Crippen LogP contribution in [0.25, 0.3) is 0 Å². The topological polar surface area (TPSA) is 55.4 Å². The summed E-state index contributed by atoms with van der Waals surface area (Å²) in [7, 11) is 0. The number of anilines is 2. The lowest BCUT2D eigenvalue weighted by Crippen LogP contribution is -2.20. The van der Waals surface area contributed by atoms with Crippen LogP contribution in [-0.2, 0) is 0 Å². The van der Waals surface area contributed by atoms with Gasteiger partial charge in [0.2, 0.25) is 6.79 Å². The molecule has 0 spiro atoms. The minimum atomic E-state index is 0.259. The van der Waals surface area contributed by atoms with Crippen molar-refractivity contribution in [2.24, 2.45) is 0 Å². The number of nitrogens with one attached hydrogen (secondary N) is 2. The van der Waals surface area contributed by atoms with Crippen molar-refractivity contribution in [3.8, 4) is 11.5 Å². The first kappa shape index (κ1) is 12.7. The van der Waals surface area contributed by atoms with Gasteiger partial charge < -0.3 is 20.1 Å². The zero-order valence-corrected chi connectivity index (χ0v) is 11.7. The molecular weight excluding hydrogens is 274 g/mol. The van der Waals surface area contributed by atoms with E-state index in [9.17, 15) is 0 Å². The Labute approximate surface area is 121 Å². The highest BCUT2D eigenvalue weighted by molar-refractivity contribution is 7.80. The third-order valence-corrected chi connectivity index (χ3v) is 3.08. The maximum absolute atomic E-state index is 5.32. The van der Waals surface area contributed by atoms with Crippen molar-refractivity contribution in [2.45, 2.75) is 6.92 Å². The van der Waals surface area contributed by atoms with E-state index in [1.807, 2.05) is 37.3 Å². The first-order valence-corrected chi connectivity index (χ1v) is 6.52. The lowest BCUT2D eigenvalue weighted by Gasteiger charge is -2.11. The van der Waals surface area contributed by atoms with Crippen molar-refractivity contribution < 1.29 is 9.47 Å². The van der Waals surface area contributed by atoms with Crippen molar-refractivity contribution in [1.29, 1.82) is 0 Å². The third-order valence-electron chi connectivity index (χ3n) is 2.87. The summed E-state index contributed by atoms with van der Waals surface area (Å²) in [4.78, 5) is 4.23. The smallest absolute Gasteiger partial charge is 0.231 e. The SMILES string of the molecule is Cc1cccnc1NC(=S)Nc1ccc2c(c1)OCO2. The predicted molar refractivity (Wildman–Crippen MR) is 81.4 cm³/mol. The van der Waals surface area contributed by atoms with Gasteiger partial charge in [0, 0.05) is 18.0 Å². The molecular formula is C14H13N3O2S. The van der Waals surface area contributed by atoms with Gasteiger partial charge in [0.15, 0.2) is 16.6 Å². The van der Waals surface area contributed by atoms with Crippen LogP contribution in [0.3, 0.4) is 0 Å². The zero-order valence-electron chi connectivity index (χ0n) is 10.8. The van der Waals surface area contributed by atoms with Crippen LogP contribution in [0, 0.1) is 6.92 Å². The molecule has 0 unspecified atom stereocenters. The Hall–Kier alpha value is -2.34. The molecule has 2 heterocycles. The van der Waals surface area contributed by atoms with E-state index in [-0.39, 0.29) is 6.79 Å². The molecule has 0 radical (unpaired) electrons. The molecule has 1 aliphatic rings. The van der Waals surface area contributed by atoms with Gasteiger partial charge in [0.25, 0.3) is 0 Å². The van der Waals surface area contributed by atoms with Gasteiger partial charge in [-0.3, -0.25) is 0 Å². The van der Waals surface area contributed by atoms with Crippen molar-refractivity contribution in [1.82, 2.24) is 4.98 Å². The molecule has 1 aromatic heterocycles. The second kappa shape index (κ2) is 5.34. The largest absolute Gasteiger partial charge is 0.454 e. The Bertz CT molecular complexity index is 661. The summed E-state index contributed by atoms with van der Waals surface area (Å²) >= 11 is 5.27. The van der Waals surface area contributed by atoms with E-state index in [1.165, 1.54) is 0 Å². The maximum atomic E-state index is 5.32. The molecule has 0 fully saturated rings. The molecule has 0 aliphatic carbocycles. The Balaban J connectivity index is 1.69. The Morgan fingerprint density at radius 1 is 1.20 bits per heavy atom. The van der Waals surface area contributed by atoms with Crippen molar-refractivity contribution in [3.05, 3.63) is 42.1 Å². The van der Waals surface area contributed by atoms with Crippen molar-refractivity contribution >= 4 is 28.8 Å². The number of nitrogens with zero attached hydrogens (tertiary/aromatic N) is 1. The van der Waals surface area contributed by atoms with Crippen LogP contribution in [0.4, 0.5) is 11.5 Å². The molecule has 0 saturated carbocycles. The lowest BCUT2D eigenvalue weighted by atomic mass is 10.3. The quantitative estimate of drug-likeness (QED) is 0.828. The number of fused-ring (bicyclic) bond motifs is 1. The van der Waals surface area contributed by atoms with Crippen LogP contribution < -0.4 is 20.1 Å². The van der Waals surface area contributed by atoms with E-state index in [1.54, 1.807) is 6.20 Å². The van der Waals surface area contributed by atoms with Crippen LogP contribution in [0.5, 0.6) is 11.5 Å². The number of thiocarbonyl (C=S) groups is 1. The van der Waals surface area contributed by atoms with E-state index in [4.69, 9.17) is 21.7 Å². The van der Waals surface area contributed by atoms with Gasteiger partial charge in [-0.05, 0) is 42.9 Å². The van der Waals surface area contributed by atoms with E-state index in [0.717, 1.165) is 22.8 Å². The van der Waals surface area contributed by atoms with E-state index >= 15 is 0 Å². The molecule has 3 rings (SSSR count). The summed E-state index contributed by atoms with van der Waals surface area (Å²) in [6, 6.07) is 9.43. The molecule has 5 nitrogen and oxygen atoms in total. The molecule has 0 atom stereocenters. The average molecular weight is 287 g/mol. The van der Waals surface area contributed by atoms with Gasteiger partial charge >= 0.3 is 0 Å². The summed E-state index contributed by atoms with van der Waals surface area (Å²) in [5, 5.41) is 6.63. The molecule has 0 bridgehead atoms. The molecule has 1 aliphatic heterocycles. The first-order valence-electron chi connectivity index (χ1n) is 6.11. The molecule has 6 heteroatoms. The number of aromatic nitrogens is 1. The molecule has 0 saturated heterocycles. The number of hydrogen-bond donors (Lipinski definition) is 2. The molecule has 2 N–H and O–H groups in total. The van der Waals surface area contributed by atoms with Crippen LogP contribution >= 0.6 is 12.2 Å². The van der Waals surface area contributed by atoms with Gasteiger partial charge in [-0.25, -0.2) is 4.98 Å². The highest BCUT2D eigenvalue weighted by atomic mass is 32.1. The van der Waals surface area contributed by atoms with E-state index in [0.29, 0.717) is 10.9 Å². The molecule has 102 valence electrons. The summed E-state index contributed by atoms with van der Waals surface area (Å²) in [6.45, 7) is 2.23. The Morgan fingerprint density at radius 3 is 2.90 bits per heavy atom. The van der Waals surface area contributed by atoms with Gasteiger partial charge in [-0.2, -0.15) is 0 Å². The third kappa shape index (κ3) is 2.65. The molecule has 1 aromatic carbocycles. The monoisotopic (exact) mass is 287 g/mol. The summed E-state index contributed by atoms with van der Waals surface area (Å²) in [5.41, 5.74) is 1.86. The number of pyridine rings is 1. The summed E-state index contributed by atoms with van der Waals surface area (Å²) in [5.74, 6) is 2.20. The molecule has 0 amide bonds. The number of benzene rings is 1. The normalized spacial score (nSPS) is 12.1. The minimum Gasteiger partial charge on any atom is -0.454 e. The molecule has 20 heavy (non-hydrogen) atoms. The van der Waals surface area contributed by atoms with Crippen LogP contribution in [-0.4, -0.2) is 16.9 Å². The Morgan fingerprint density at radius 2 is 2.05 bits per heavy atom. The second-order valence-electron chi connectivity index (χ2n) is 4.32. The second-order valence-corrected chi connectivity index (χ2v) is 4.72. The standard InChI is InChI=1S/C14H13N3O2S/c1-9-3-2-6-15-13(9)17-14(20)16-10-4-5-11-12(7-10)19-8-18-11/h2-7H,8H2,1H3,(H2,15,16,17,20). The van der Waals surface area contributed by atoms with Crippen LogP contribution in [0.2, 0.25) is 0 Å². The van der Waals surface area contributed by atoms with Gasteiger partial charge in [-0.1, -0.05) is 6.07 Å². The fourth-order valence-electron chi connectivity index (χ4n) is 1.86. The average Bonchev–Trinajstić information content (AvgIpc) is 2.89. The van der Waals surface area contributed by atoms with Crippen molar-refractivity contribution in [2.75, 3.05) is 17.4 Å². The van der Waals surface area contributed by atoms with Gasteiger partial charge in [0.05, 0.1) is 0 Å². The summed E-state index contributed by atoms with van der Waals surface area (Å²) in [6.07, 6.45) is 1.72. The Kier molecular flexibility index (Phi) is 3.39. The minimum absolute atomic E-state index is 0.259. The fraction of sp³-hybridized carbons (Fsp3) is 0.143. The van der Waals surface area contributed by atoms with Crippen LogP contribution in [0.15, 0.2) is 36.5 Å². The van der Waals surface area contributed by atoms with E-state index in [2.05, 4.69) is 15.6 Å². The van der Waals surface area contributed by atoms with E-state index < -0.39 is 0 Å². The zero-order chi connectivity index (χ0) is 13.9. The van der Waals surface area contributed by atoms with Gasteiger partial charge in [0.1, 0.15) is 5.82 Å². The maximum Gasteiger partial charge on any atom is 0.231 e. The predicted octanol–water partition coefficient (Wildman–Crippen LogP) is 2.93. The fourth-order valence-corrected chi connectivity index (χ4v) is 2.08. The lowest BCUT2D eigenvalue weighted by molar-refractivity contribution is 0.174.